The molecule has 0 unspecified atom stereocenters. The van der Waals surface area contributed by atoms with Gasteiger partial charge in [0, 0.05) is 37.1 Å². The molecule has 0 aliphatic heterocycles. The molecule has 0 radical (unpaired) electrons. The fourth-order valence-corrected chi connectivity index (χ4v) is 2.09. The molecule has 2 aromatic rings. The molecule has 0 saturated carbocycles. The maximum absolute atomic E-state index is 13.2. The van der Waals surface area contributed by atoms with Crippen LogP contribution in [0.5, 0.6) is 0 Å². The Hall–Kier alpha value is -2.73. The number of rotatable bonds is 7. The Morgan fingerprint density at radius 3 is 2.46 bits per heavy atom. The normalized spacial score (nSPS) is 10.2. The number of hydrogen-bond donors (Lipinski definition) is 2. The first-order chi connectivity index (χ1) is 11.6. The number of nitrogens with one attached hydrogen (secondary N) is 2. The number of carbonyl (C=O) groups is 2. The number of carbonyl (C=O) groups excluding carboxylic acids is 2. The van der Waals surface area contributed by atoms with E-state index in [0.717, 1.165) is 0 Å². The number of benzene rings is 2. The number of hydrogen-bond acceptors (Lipinski definition) is 3. The molecule has 24 heavy (non-hydrogen) atoms. The molecule has 2 N–H and O–H groups in total. The van der Waals surface area contributed by atoms with E-state index in [1.165, 1.54) is 24.3 Å². The van der Waals surface area contributed by atoms with Gasteiger partial charge in [-0.1, -0.05) is 12.1 Å². The summed E-state index contributed by atoms with van der Waals surface area (Å²) in [5, 5.41) is 5.35. The van der Waals surface area contributed by atoms with Crippen LogP contribution >= 0.6 is 0 Å². The first-order valence-corrected chi connectivity index (χ1v) is 7.54. The molecule has 0 atom stereocenters. The molecule has 0 heterocycles. The van der Waals surface area contributed by atoms with Crippen molar-refractivity contribution in [2.24, 2.45) is 0 Å². The Bertz CT molecular complexity index is 719. The fourth-order valence-electron chi connectivity index (χ4n) is 2.09. The number of ether oxygens (including phenoxy) is 1. The zero-order valence-corrected chi connectivity index (χ0v) is 13.3. The minimum absolute atomic E-state index is 0.258. The Balaban J connectivity index is 2.01. The van der Waals surface area contributed by atoms with Crippen molar-refractivity contribution in [3.63, 3.8) is 0 Å². The summed E-state index contributed by atoms with van der Waals surface area (Å²) in [6, 6.07) is 12.0. The van der Waals surface area contributed by atoms with Crippen molar-refractivity contribution >= 4 is 17.5 Å². The zero-order valence-electron chi connectivity index (χ0n) is 13.3. The third-order valence-corrected chi connectivity index (χ3v) is 3.28. The van der Waals surface area contributed by atoms with Crippen LogP contribution in [0.3, 0.4) is 0 Å². The van der Waals surface area contributed by atoms with Gasteiger partial charge < -0.3 is 15.4 Å². The highest BCUT2D eigenvalue weighted by Crippen LogP contribution is 2.12. The van der Waals surface area contributed by atoms with Crippen LogP contribution in [0.15, 0.2) is 48.5 Å². The lowest BCUT2D eigenvalue weighted by Gasteiger charge is -2.08. The molecule has 5 nitrogen and oxygen atoms in total. The lowest BCUT2D eigenvalue weighted by Crippen LogP contribution is -2.25. The second kappa shape index (κ2) is 8.79. The van der Waals surface area contributed by atoms with Crippen LogP contribution in [0.1, 0.15) is 27.1 Å². The molecule has 0 bridgehead atoms. The Morgan fingerprint density at radius 2 is 1.75 bits per heavy atom. The standard InChI is InChI=1S/C18H19FN2O3/c1-24-10-4-9-20-17(22)13-5-2-6-14(11-13)18(23)21-16-8-3-7-15(19)12-16/h2-3,5-8,11-12H,4,9-10H2,1H3,(H,20,22)(H,21,23). The maximum Gasteiger partial charge on any atom is 0.255 e. The number of halogens is 1. The van der Waals surface area contributed by atoms with Crippen molar-refractivity contribution in [1.82, 2.24) is 5.32 Å². The van der Waals surface area contributed by atoms with E-state index in [-0.39, 0.29) is 5.91 Å². The van der Waals surface area contributed by atoms with E-state index in [1.54, 1.807) is 31.4 Å². The highest BCUT2D eigenvalue weighted by atomic mass is 19.1. The molecule has 0 spiro atoms. The second-order valence-electron chi connectivity index (χ2n) is 5.15. The summed E-state index contributed by atoms with van der Waals surface area (Å²) in [6.07, 6.45) is 0.710. The second-order valence-corrected chi connectivity index (χ2v) is 5.15. The maximum atomic E-state index is 13.2. The molecule has 0 saturated heterocycles. The predicted octanol–water partition coefficient (Wildman–Crippen LogP) is 2.84. The van der Waals surface area contributed by atoms with E-state index in [4.69, 9.17) is 4.74 Å². The number of anilines is 1. The van der Waals surface area contributed by atoms with Gasteiger partial charge in [0.1, 0.15) is 5.82 Å². The lowest BCUT2D eigenvalue weighted by atomic mass is 10.1. The lowest BCUT2D eigenvalue weighted by molar-refractivity contribution is 0.0948. The van der Waals surface area contributed by atoms with Crippen LogP contribution in [0.2, 0.25) is 0 Å². The summed E-state index contributed by atoms with van der Waals surface area (Å²) < 4.78 is 18.1. The van der Waals surface area contributed by atoms with Gasteiger partial charge in [0.05, 0.1) is 0 Å². The molecule has 126 valence electrons. The quantitative estimate of drug-likeness (QED) is 0.767. The van der Waals surface area contributed by atoms with Gasteiger partial charge in [-0.05, 0) is 42.8 Å². The highest BCUT2D eigenvalue weighted by molar-refractivity contribution is 6.06. The van der Waals surface area contributed by atoms with E-state index >= 15 is 0 Å². The minimum Gasteiger partial charge on any atom is -0.385 e. The first kappa shape index (κ1) is 17.6. The molecule has 0 fully saturated rings. The molecular formula is C18H19FN2O3. The summed E-state index contributed by atoms with van der Waals surface area (Å²) in [7, 11) is 1.60. The summed E-state index contributed by atoms with van der Waals surface area (Å²) in [4.78, 5) is 24.3. The average molecular weight is 330 g/mol. The number of methoxy groups -OCH3 is 1. The van der Waals surface area contributed by atoms with E-state index in [9.17, 15) is 14.0 Å². The number of amides is 2. The van der Waals surface area contributed by atoms with Crippen LogP contribution in [-0.4, -0.2) is 32.1 Å². The Labute approximate surface area is 139 Å². The monoisotopic (exact) mass is 330 g/mol. The summed E-state index contributed by atoms with van der Waals surface area (Å²) in [5.74, 6) is -1.10. The van der Waals surface area contributed by atoms with E-state index in [2.05, 4.69) is 10.6 Å². The van der Waals surface area contributed by atoms with Crippen LogP contribution in [-0.2, 0) is 4.74 Å². The minimum atomic E-state index is -0.433. The first-order valence-electron chi connectivity index (χ1n) is 7.54. The van der Waals surface area contributed by atoms with Crippen LogP contribution < -0.4 is 10.6 Å². The Kier molecular flexibility index (Phi) is 6.45. The third kappa shape index (κ3) is 5.17. The Morgan fingerprint density at radius 1 is 1.04 bits per heavy atom. The largest absolute Gasteiger partial charge is 0.385 e. The van der Waals surface area contributed by atoms with Crippen molar-refractivity contribution in [2.45, 2.75) is 6.42 Å². The smallest absolute Gasteiger partial charge is 0.255 e. The van der Waals surface area contributed by atoms with E-state index in [1.807, 2.05) is 0 Å². The van der Waals surface area contributed by atoms with Gasteiger partial charge in [0.15, 0.2) is 0 Å². The molecule has 0 aliphatic rings. The fraction of sp³-hybridized carbons (Fsp3) is 0.222. The van der Waals surface area contributed by atoms with Gasteiger partial charge in [-0.3, -0.25) is 9.59 Å². The highest BCUT2D eigenvalue weighted by Gasteiger charge is 2.11. The summed E-state index contributed by atoms with van der Waals surface area (Å²) in [5.41, 5.74) is 1.07. The zero-order chi connectivity index (χ0) is 17.4. The summed E-state index contributed by atoms with van der Waals surface area (Å²) >= 11 is 0. The van der Waals surface area contributed by atoms with Crippen LogP contribution in [0.4, 0.5) is 10.1 Å². The van der Waals surface area contributed by atoms with Gasteiger partial charge in [-0.2, -0.15) is 0 Å². The topological polar surface area (TPSA) is 67.4 Å². The summed E-state index contributed by atoms with van der Waals surface area (Å²) in [6.45, 7) is 1.06. The van der Waals surface area contributed by atoms with Gasteiger partial charge >= 0.3 is 0 Å². The molecule has 2 amide bonds. The van der Waals surface area contributed by atoms with Crippen LogP contribution in [0.25, 0.3) is 0 Å². The molecular weight excluding hydrogens is 311 g/mol. The molecule has 0 aliphatic carbocycles. The van der Waals surface area contributed by atoms with Crippen molar-refractivity contribution in [2.75, 3.05) is 25.6 Å². The van der Waals surface area contributed by atoms with E-state index < -0.39 is 11.7 Å². The van der Waals surface area contributed by atoms with Gasteiger partial charge in [0.2, 0.25) is 0 Å². The van der Waals surface area contributed by atoms with Crippen LogP contribution in [0, 0.1) is 5.82 Å². The molecule has 2 aromatic carbocycles. The van der Waals surface area contributed by atoms with E-state index in [0.29, 0.717) is 36.4 Å². The van der Waals surface area contributed by atoms with Crippen molar-refractivity contribution in [3.8, 4) is 0 Å². The average Bonchev–Trinajstić information content (AvgIpc) is 2.58. The molecule has 6 heteroatoms. The van der Waals surface area contributed by atoms with Crippen molar-refractivity contribution < 1.29 is 18.7 Å². The molecule has 2 rings (SSSR count). The predicted molar refractivity (Wildman–Crippen MR) is 89.6 cm³/mol. The SMILES string of the molecule is COCCCNC(=O)c1cccc(C(=O)Nc2cccc(F)c2)c1. The third-order valence-electron chi connectivity index (χ3n) is 3.28. The van der Waals surface area contributed by atoms with Gasteiger partial charge in [-0.25, -0.2) is 4.39 Å². The van der Waals surface area contributed by atoms with Crippen molar-refractivity contribution in [3.05, 3.63) is 65.5 Å². The van der Waals surface area contributed by atoms with Gasteiger partial charge in [-0.15, -0.1) is 0 Å². The van der Waals surface area contributed by atoms with Crippen molar-refractivity contribution in [1.29, 1.82) is 0 Å². The van der Waals surface area contributed by atoms with Gasteiger partial charge in [0.25, 0.3) is 11.8 Å². The molecule has 0 aromatic heterocycles.